The minimum atomic E-state index is 0.462. The van der Waals surface area contributed by atoms with E-state index < -0.39 is 0 Å². The van der Waals surface area contributed by atoms with Crippen molar-refractivity contribution in [2.45, 2.75) is 25.2 Å². The quantitative estimate of drug-likeness (QED) is 0.726. The number of H-pyrrole nitrogens is 1. The Morgan fingerprint density at radius 2 is 2.32 bits per heavy atom. The van der Waals surface area contributed by atoms with E-state index >= 15 is 0 Å². The van der Waals surface area contributed by atoms with Crippen LogP contribution in [0, 0.1) is 5.92 Å². The van der Waals surface area contributed by atoms with Crippen LogP contribution in [0.25, 0.3) is 16.8 Å². The van der Waals surface area contributed by atoms with Crippen LogP contribution in [-0.4, -0.2) is 31.1 Å². The monoisotopic (exact) mass is 256 g/mol. The van der Waals surface area contributed by atoms with Gasteiger partial charge in [0, 0.05) is 12.1 Å². The molecule has 2 atom stereocenters. The van der Waals surface area contributed by atoms with Crippen LogP contribution in [0.15, 0.2) is 18.5 Å². The second kappa shape index (κ2) is 4.03. The summed E-state index contributed by atoms with van der Waals surface area (Å²) in [6, 6.07) is 2.03. The predicted octanol–water partition coefficient (Wildman–Crippen LogP) is 1.45. The van der Waals surface area contributed by atoms with E-state index in [9.17, 15) is 0 Å². The lowest BCUT2D eigenvalue weighted by Gasteiger charge is -2.08. The van der Waals surface area contributed by atoms with E-state index in [0.717, 1.165) is 42.0 Å². The molecule has 1 aliphatic rings. The fourth-order valence-electron chi connectivity index (χ4n) is 3.19. The van der Waals surface area contributed by atoms with Gasteiger partial charge in [-0.15, -0.1) is 10.2 Å². The lowest BCUT2D eigenvalue weighted by molar-refractivity contribution is 0.544. The van der Waals surface area contributed by atoms with Gasteiger partial charge in [-0.1, -0.05) is 0 Å². The van der Waals surface area contributed by atoms with Gasteiger partial charge in [0.25, 0.3) is 0 Å². The average Bonchev–Trinajstić information content (AvgIpc) is 3.15. The molecule has 4 rings (SSSR count). The van der Waals surface area contributed by atoms with Gasteiger partial charge < -0.3 is 10.7 Å². The standard InChI is InChI=1S/C13H16N6/c14-6-8-1-2-9(5-8)13-18-17-11-7-16-12-10(19(11)13)3-4-15-12/h3-4,7-9,15H,1-2,5-6,14H2/t8-,9-/m1/s1. The Labute approximate surface area is 110 Å². The van der Waals surface area contributed by atoms with Crippen LogP contribution in [0.5, 0.6) is 0 Å². The molecule has 3 N–H and O–H groups in total. The molecule has 98 valence electrons. The maximum atomic E-state index is 5.78. The molecule has 0 unspecified atom stereocenters. The SMILES string of the molecule is NC[C@@H]1CC[C@@H](c2nnc3cnc4[nH]ccc4n23)C1. The number of aromatic amines is 1. The molecule has 0 saturated heterocycles. The number of hydrogen-bond donors (Lipinski definition) is 2. The van der Waals surface area contributed by atoms with Crippen molar-refractivity contribution in [1.82, 2.24) is 24.6 Å². The molecule has 1 aliphatic carbocycles. The van der Waals surface area contributed by atoms with Gasteiger partial charge in [0.1, 0.15) is 5.82 Å². The summed E-state index contributed by atoms with van der Waals surface area (Å²) < 4.78 is 2.13. The van der Waals surface area contributed by atoms with Gasteiger partial charge in [-0.2, -0.15) is 0 Å². The molecule has 1 fully saturated rings. The van der Waals surface area contributed by atoms with Crippen LogP contribution in [0.3, 0.4) is 0 Å². The summed E-state index contributed by atoms with van der Waals surface area (Å²) >= 11 is 0. The molecule has 0 aliphatic heterocycles. The number of hydrogen-bond acceptors (Lipinski definition) is 4. The number of fused-ring (bicyclic) bond motifs is 3. The second-order valence-corrected chi connectivity index (χ2v) is 5.33. The summed E-state index contributed by atoms with van der Waals surface area (Å²) in [5, 5.41) is 8.64. The highest BCUT2D eigenvalue weighted by Gasteiger charge is 2.28. The highest BCUT2D eigenvalue weighted by molar-refractivity contribution is 5.74. The Balaban J connectivity index is 1.88. The first-order chi connectivity index (χ1) is 9.36. The molecule has 3 heterocycles. The van der Waals surface area contributed by atoms with Gasteiger partial charge >= 0.3 is 0 Å². The molecule has 0 radical (unpaired) electrons. The lowest BCUT2D eigenvalue weighted by atomic mass is 10.0. The number of nitrogens with one attached hydrogen (secondary N) is 1. The van der Waals surface area contributed by atoms with E-state index in [4.69, 9.17) is 5.73 Å². The molecular weight excluding hydrogens is 240 g/mol. The molecule has 3 aromatic heterocycles. The Hall–Kier alpha value is -1.95. The van der Waals surface area contributed by atoms with Crippen LogP contribution < -0.4 is 5.73 Å². The smallest absolute Gasteiger partial charge is 0.179 e. The summed E-state index contributed by atoms with van der Waals surface area (Å²) in [6.07, 6.45) is 7.13. The number of nitrogens with two attached hydrogens (primary N) is 1. The Morgan fingerprint density at radius 1 is 1.37 bits per heavy atom. The average molecular weight is 256 g/mol. The van der Waals surface area contributed by atoms with Crippen molar-refractivity contribution in [2.75, 3.05) is 6.54 Å². The molecule has 19 heavy (non-hydrogen) atoms. The second-order valence-electron chi connectivity index (χ2n) is 5.33. The maximum absolute atomic E-state index is 5.78. The van der Waals surface area contributed by atoms with E-state index in [2.05, 4.69) is 24.6 Å². The third kappa shape index (κ3) is 1.56. The molecule has 1 saturated carbocycles. The first-order valence-corrected chi connectivity index (χ1v) is 6.74. The first kappa shape index (κ1) is 10.9. The first-order valence-electron chi connectivity index (χ1n) is 6.74. The van der Waals surface area contributed by atoms with Gasteiger partial charge in [0.2, 0.25) is 0 Å². The van der Waals surface area contributed by atoms with Crippen molar-refractivity contribution in [1.29, 1.82) is 0 Å². The molecule has 0 spiro atoms. The third-order valence-corrected chi connectivity index (χ3v) is 4.21. The summed E-state index contributed by atoms with van der Waals surface area (Å²) in [5.41, 5.74) is 8.52. The molecule has 3 aromatic rings. The maximum Gasteiger partial charge on any atom is 0.179 e. The molecule has 0 aromatic carbocycles. The summed E-state index contributed by atoms with van der Waals surface area (Å²) in [6.45, 7) is 0.772. The zero-order chi connectivity index (χ0) is 12.8. The Bertz CT molecular complexity index is 727. The fraction of sp³-hybridized carbons (Fsp3) is 0.462. The molecule has 6 nitrogen and oxygen atoms in total. The summed E-state index contributed by atoms with van der Waals surface area (Å²) in [5.74, 6) is 2.14. The normalized spacial score (nSPS) is 23.6. The molecule has 0 bridgehead atoms. The van der Waals surface area contributed by atoms with Crippen LogP contribution in [0.4, 0.5) is 0 Å². The summed E-state index contributed by atoms with van der Waals surface area (Å²) in [7, 11) is 0. The number of nitrogens with zero attached hydrogens (tertiary/aromatic N) is 4. The Morgan fingerprint density at radius 3 is 3.16 bits per heavy atom. The van der Waals surface area contributed by atoms with Crippen molar-refractivity contribution in [3.8, 4) is 0 Å². The van der Waals surface area contributed by atoms with Gasteiger partial charge in [-0.05, 0) is 37.8 Å². The third-order valence-electron chi connectivity index (χ3n) is 4.21. The van der Waals surface area contributed by atoms with Crippen molar-refractivity contribution in [3.63, 3.8) is 0 Å². The van der Waals surface area contributed by atoms with Crippen LogP contribution in [0.2, 0.25) is 0 Å². The minimum Gasteiger partial charge on any atom is -0.345 e. The minimum absolute atomic E-state index is 0.462. The lowest BCUT2D eigenvalue weighted by Crippen LogP contribution is -2.11. The van der Waals surface area contributed by atoms with Crippen molar-refractivity contribution in [2.24, 2.45) is 11.7 Å². The van der Waals surface area contributed by atoms with E-state index in [1.165, 1.54) is 6.42 Å². The highest BCUT2D eigenvalue weighted by Crippen LogP contribution is 2.37. The van der Waals surface area contributed by atoms with Crippen LogP contribution in [-0.2, 0) is 0 Å². The fourth-order valence-corrected chi connectivity index (χ4v) is 3.19. The van der Waals surface area contributed by atoms with E-state index in [1.807, 2.05) is 12.3 Å². The van der Waals surface area contributed by atoms with E-state index in [-0.39, 0.29) is 0 Å². The van der Waals surface area contributed by atoms with Crippen molar-refractivity contribution < 1.29 is 0 Å². The molecule has 0 amide bonds. The molecular formula is C13H16N6. The van der Waals surface area contributed by atoms with Gasteiger partial charge in [0.05, 0.1) is 11.7 Å². The van der Waals surface area contributed by atoms with E-state index in [0.29, 0.717) is 11.8 Å². The van der Waals surface area contributed by atoms with Gasteiger partial charge in [-0.3, -0.25) is 4.40 Å². The largest absolute Gasteiger partial charge is 0.345 e. The summed E-state index contributed by atoms with van der Waals surface area (Å²) in [4.78, 5) is 7.47. The number of rotatable bonds is 2. The van der Waals surface area contributed by atoms with Gasteiger partial charge in [0.15, 0.2) is 11.3 Å². The predicted molar refractivity (Wildman–Crippen MR) is 71.8 cm³/mol. The van der Waals surface area contributed by atoms with Crippen molar-refractivity contribution in [3.05, 3.63) is 24.3 Å². The van der Waals surface area contributed by atoms with Crippen LogP contribution >= 0.6 is 0 Å². The number of aromatic nitrogens is 5. The topological polar surface area (TPSA) is 84.9 Å². The van der Waals surface area contributed by atoms with Crippen molar-refractivity contribution >= 4 is 16.8 Å². The molecule has 6 heteroatoms. The van der Waals surface area contributed by atoms with E-state index in [1.54, 1.807) is 6.20 Å². The zero-order valence-electron chi connectivity index (χ0n) is 10.6. The Kier molecular flexibility index (Phi) is 2.32. The van der Waals surface area contributed by atoms with Crippen LogP contribution in [0.1, 0.15) is 31.0 Å². The zero-order valence-corrected chi connectivity index (χ0v) is 10.6. The van der Waals surface area contributed by atoms with Gasteiger partial charge in [-0.25, -0.2) is 4.98 Å². The highest BCUT2D eigenvalue weighted by atomic mass is 15.3.